The maximum atomic E-state index is 11.9. The fourth-order valence-corrected chi connectivity index (χ4v) is 2.15. The molecule has 1 aromatic heterocycles. The second-order valence-electron chi connectivity index (χ2n) is 6.22. The number of anilines is 1. The Labute approximate surface area is 129 Å². The molecule has 0 radical (unpaired) electrons. The lowest BCUT2D eigenvalue weighted by atomic mass is 10.1. The lowest BCUT2D eigenvalue weighted by molar-refractivity contribution is 0.0202. The average molecular weight is 310 g/mol. The van der Waals surface area contributed by atoms with Gasteiger partial charge in [0.05, 0.1) is 6.20 Å². The summed E-state index contributed by atoms with van der Waals surface area (Å²) in [6, 6.07) is 1.24. The number of aromatic nitrogens is 1. The maximum absolute atomic E-state index is 11.9. The van der Waals surface area contributed by atoms with Crippen LogP contribution in [0.3, 0.4) is 0 Å². The van der Waals surface area contributed by atoms with E-state index in [2.05, 4.69) is 15.8 Å². The van der Waals surface area contributed by atoms with Crippen LogP contribution in [0.1, 0.15) is 33.6 Å². The van der Waals surface area contributed by atoms with Gasteiger partial charge in [0.15, 0.2) is 0 Å². The zero-order chi connectivity index (χ0) is 16.2. The number of urea groups is 1. The Bertz CT molecular complexity index is 501. The van der Waals surface area contributed by atoms with Gasteiger partial charge in [-0.05, 0) is 33.6 Å². The van der Waals surface area contributed by atoms with Crippen LogP contribution in [0, 0.1) is 0 Å². The van der Waals surface area contributed by atoms with Crippen LogP contribution in [-0.2, 0) is 4.74 Å². The Morgan fingerprint density at radius 3 is 2.59 bits per heavy atom. The molecule has 0 saturated carbocycles. The first-order valence-corrected chi connectivity index (χ1v) is 7.29. The largest absolute Gasteiger partial charge is 0.444 e. The molecule has 1 aliphatic rings. The number of hydrogen-bond acceptors (Lipinski definition) is 5. The van der Waals surface area contributed by atoms with Gasteiger partial charge in [0.2, 0.25) is 5.88 Å². The minimum Gasteiger partial charge on any atom is -0.444 e. The van der Waals surface area contributed by atoms with Crippen LogP contribution in [0.4, 0.5) is 15.5 Å². The number of rotatable bonds is 2. The van der Waals surface area contributed by atoms with E-state index < -0.39 is 5.60 Å². The van der Waals surface area contributed by atoms with Crippen LogP contribution in [0.25, 0.3) is 0 Å². The van der Waals surface area contributed by atoms with Crippen molar-refractivity contribution >= 4 is 18.0 Å². The van der Waals surface area contributed by atoms with E-state index in [1.165, 1.54) is 6.20 Å². The highest BCUT2D eigenvalue weighted by Gasteiger charge is 2.27. The van der Waals surface area contributed by atoms with Crippen molar-refractivity contribution < 1.29 is 18.8 Å². The Kier molecular flexibility index (Phi) is 4.89. The minimum atomic E-state index is -0.497. The van der Waals surface area contributed by atoms with E-state index in [9.17, 15) is 9.59 Å². The average Bonchev–Trinajstić information content (AvgIpc) is 2.90. The highest BCUT2D eigenvalue weighted by Crippen LogP contribution is 2.15. The number of amides is 3. The normalized spacial score (nSPS) is 16.2. The zero-order valence-corrected chi connectivity index (χ0v) is 13.1. The SMILES string of the molecule is CC(C)(C)OC(=O)N1CCC(NC(=O)Nc2ccno2)CC1. The molecule has 1 aliphatic heterocycles. The Morgan fingerprint density at radius 1 is 1.36 bits per heavy atom. The molecule has 22 heavy (non-hydrogen) atoms. The van der Waals surface area contributed by atoms with Crippen LogP contribution in [-0.4, -0.2) is 46.9 Å². The van der Waals surface area contributed by atoms with E-state index in [0.717, 1.165) is 0 Å². The lowest BCUT2D eigenvalue weighted by Gasteiger charge is -2.33. The number of ether oxygens (including phenoxy) is 1. The van der Waals surface area contributed by atoms with Crippen LogP contribution in [0.2, 0.25) is 0 Å². The summed E-state index contributed by atoms with van der Waals surface area (Å²) < 4.78 is 10.1. The molecule has 0 aliphatic carbocycles. The van der Waals surface area contributed by atoms with Crippen LogP contribution in [0.15, 0.2) is 16.8 Å². The third-order valence-corrected chi connectivity index (χ3v) is 3.16. The molecule has 2 rings (SSSR count). The fraction of sp³-hybridized carbons (Fsp3) is 0.643. The minimum absolute atomic E-state index is 0.0154. The van der Waals surface area contributed by atoms with E-state index in [-0.39, 0.29) is 18.2 Å². The third kappa shape index (κ3) is 4.94. The molecule has 122 valence electrons. The highest BCUT2D eigenvalue weighted by atomic mass is 16.6. The predicted molar refractivity (Wildman–Crippen MR) is 79.5 cm³/mol. The Balaban J connectivity index is 1.73. The first kappa shape index (κ1) is 16.1. The van der Waals surface area contributed by atoms with Crippen molar-refractivity contribution in [2.45, 2.75) is 45.3 Å². The van der Waals surface area contributed by atoms with Crippen LogP contribution < -0.4 is 10.6 Å². The molecule has 8 nitrogen and oxygen atoms in total. The van der Waals surface area contributed by atoms with Crippen LogP contribution >= 0.6 is 0 Å². The van der Waals surface area contributed by atoms with Gasteiger partial charge in [0, 0.05) is 25.2 Å². The molecule has 0 atom stereocenters. The van der Waals surface area contributed by atoms with E-state index in [1.807, 2.05) is 20.8 Å². The first-order valence-electron chi connectivity index (χ1n) is 7.29. The summed E-state index contributed by atoms with van der Waals surface area (Å²) in [7, 11) is 0. The molecule has 3 amide bonds. The van der Waals surface area contributed by atoms with E-state index in [4.69, 9.17) is 9.26 Å². The number of nitrogens with zero attached hydrogens (tertiary/aromatic N) is 2. The van der Waals surface area contributed by atoms with Crippen molar-refractivity contribution in [2.75, 3.05) is 18.4 Å². The number of likely N-dealkylation sites (tertiary alicyclic amines) is 1. The van der Waals surface area contributed by atoms with Crippen molar-refractivity contribution in [1.82, 2.24) is 15.4 Å². The van der Waals surface area contributed by atoms with E-state index >= 15 is 0 Å². The summed E-state index contributed by atoms with van der Waals surface area (Å²) in [5.74, 6) is 0.295. The molecular formula is C14H22N4O4. The Hall–Kier alpha value is -2.25. The molecular weight excluding hydrogens is 288 g/mol. The fourth-order valence-electron chi connectivity index (χ4n) is 2.15. The second kappa shape index (κ2) is 6.67. The molecule has 0 bridgehead atoms. The van der Waals surface area contributed by atoms with Crippen LogP contribution in [0.5, 0.6) is 0 Å². The summed E-state index contributed by atoms with van der Waals surface area (Å²) in [6.45, 7) is 6.64. The van der Waals surface area contributed by atoms with Crippen molar-refractivity contribution in [3.63, 3.8) is 0 Å². The molecule has 1 fully saturated rings. The number of hydrogen-bond donors (Lipinski definition) is 2. The van der Waals surface area contributed by atoms with Crippen molar-refractivity contribution in [3.8, 4) is 0 Å². The summed E-state index contributed by atoms with van der Waals surface area (Å²) in [4.78, 5) is 25.4. The van der Waals surface area contributed by atoms with Gasteiger partial charge in [-0.2, -0.15) is 0 Å². The molecule has 1 saturated heterocycles. The topological polar surface area (TPSA) is 96.7 Å². The summed E-state index contributed by atoms with van der Waals surface area (Å²) in [6.07, 6.45) is 2.51. The monoisotopic (exact) mass is 310 g/mol. The van der Waals surface area contributed by atoms with E-state index in [1.54, 1.807) is 11.0 Å². The molecule has 8 heteroatoms. The van der Waals surface area contributed by atoms with Gasteiger partial charge in [-0.3, -0.25) is 5.32 Å². The number of carbonyl (C=O) groups is 2. The predicted octanol–water partition coefficient (Wildman–Crippen LogP) is 2.20. The van der Waals surface area contributed by atoms with Gasteiger partial charge in [-0.25, -0.2) is 9.59 Å². The number of nitrogens with one attached hydrogen (secondary N) is 2. The van der Waals surface area contributed by atoms with Gasteiger partial charge in [-0.1, -0.05) is 5.16 Å². The second-order valence-corrected chi connectivity index (χ2v) is 6.22. The smallest absolute Gasteiger partial charge is 0.410 e. The van der Waals surface area contributed by atoms with Gasteiger partial charge >= 0.3 is 12.1 Å². The molecule has 0 unspecified atom stereocenters. The number of piperidine rings is 1. The summed E-state index contributed by atoms with van der Waals surface area (Å²) in [5.41, 5.74) is -0.497. The first-order chi connectivity index (χ1) is 10.3. The van der Waals surface area contributed by atoms with Crippen molar-refractivity contribution in [1.29, 1.82) is 0 Å². The number of carbonyl (C=O) groups excluding carboxylic acids is 2. The molecule has 2 heterocycles. The van der Waals surface area contributed by atoms with Crippen molar-refractivity contribution in [2.24, 2.45) is 0 Å². The maximum Gasteiger partial charge on any atom is 0.410 e. The van der Waals surface area contributed by atoms with Gasteiger partial charge in [0.1, 0.15) is 5.60 Å². The van der Waals surface area contributed by atoms with Gasteiger partial charge in [-0.15, -0.1) is 0 Å². The molecule has 1 aromatic rings. The summed E-state index contributed by atoms with van der Waals surface area (Å²) >= 11 is 0. The molecule has 0 aromatic carbocycles. The Morgan fingerprint density at radius 2 is 2.05 bits per heavy atom. The molecule has 2 N–H and O–H groups in total. The highest BCUT2D eigenvalue weighted by molar-refractivity contribution is 5.87. The van der Waals surface area contributed by atoms with Gasteiger partial charge in [0.25, 0.3) is 0 Å². The summed E-state index contributed by atoms with van der Waals surface area (Å²) in [5, 5.41) is 8.90. The van der Waals surface area contributed by atoms with Crippen molar-refractivity contribution in [3.05, 3.63) is 12.3 Å². The third-order valence-electron chi connectivity index (χ3n) is 3.16. The van der Waals surface area contributed by atoms with Gasteiger partial charge < -0.3 is 19.5 Å². The quantitative estimate of drug-likeness (QED) is 0.873. The zero-order valence-electron chi connectivity index (χ0n) is 13.1. The molecule has 0 spiro atoms. The lowest BCUT2D eigenvalue weighted by Crippen LogP contribution is -2.48. The standard InChI is InChI=1S/C14H22N4O4/c1-14(2,3)21-13(20)18-8-5-10(6-9-18)16-12(19)17-11-4-7-15-22-11/h4,7,10H,5-6,8-9H2,1-3H3,(H2,16,17,19). The van der Waals surface area contributed by atoms with E-state index in [0.29, 0.717) is 31.8 Å².